The Morgan fingerprint density at radius 1 is 1.38 bits per heavy atom. The van der Waals surface area contributed by atoms with E-state index in [4.69, 9.17) is 0 Å². The molecule has 13 heavy (non-hydrogen) atoms. The largest absolute Gasteiger partial charge is 0.236 e. The first-order valence-corrected chi connectivity index (χ1v) is 3.83. The predicted octanol–water partition coefficient (Wildman–Crippen LogP) is 1.31. The van der Waals surface area contributed by atoms with Crippen molar-refractivity contribution < 1.29 is 0 Å². The van der Waals surface area contributed by atoms with Crippen molar-refractivity contribution in [2.24, 2.45) is 0 Å². The lowest BCUT2D eigenvalue weighted by atomic mass is 10.3. The molecule has 2 aromatic heterocycles. The third kappa shape index (κ3) is 1.46. The van der Waals surface area contributed by atoms with Gasteiger partial charge < -0.3 is 0 Å². The van der Waals surface area contributed by atoms with Crippen LogP contribution in [0.5, 0.6) is 0 Å². The Morgan fingerprint density at radius 2 is 2.31 bits per heavy atom. The fourth-order valence-electron chi connectivity index (χ4n) is 0.980. The molecule has 0 aromatic carbocycles. The monoisotopic (exact) mass is 172 g/mol. The smallest absolute Gasteiger partial charge is 0.155 e. The summed E-state index contributed by atoms with van der Waals surface area (Å²) in [6.07, 6.45) is 6.57. The van der Waals surface area contributed by atoms with Gasteiger partial charge in [0.15, 0.2) is 5.82 Å². The summed E-state index contributed by atoms with van der Waals surface area (Å²) in [5, 5.41) is 3.96. The fraction of sp³-hybridized carbons (Fsp3) is 0. The molecular formula is C9H8N4. The van der Waals surface area contributed by atoms with Gasteiger partial charge in [-0.05, 0) is 17.7 Å². The molecule has 0 fully saturated rings. The molecule has 0 aliphatic carbocycles. The summed E-state index contributed by atoms with van der Waals surface area (Å²) < 4.78 is 1.60. The molecule has 2 aromatic rings. The molecular weight excluding hydrogens is 164 g/mol. The molecule has 0 unspecified atom stereocenters. The molecule has 4 nitrogen and oxygen atoms in total. The maximum absolute atomic E-state index is 4.18. The molecule has 0 saturated heterocycles. The Hall–Kier alpha value is -1.97. The number of aromatic nitrogens is 4. The molecule has 0 amide bonds. The Balaban J connectivity index is 2.38. The van der Waals surface area contributed by atoms with Crippen LogP contribution in [-0.2, 0) is 0 Å². The zero-order valence-corrected chi connectivity index (χ0v) is 6.96. The van der Waals surface area contributed by atoms with Crippen LogP contribution < -0.4 is 0 Å². The van der Waals surface area contributed by atoms with Crippen molar-refractivity contribution in [3.63, 3.8) is 0 Å². The van der Waals surface area contributed by atoms with Crippen LogP contribution in [0.4, 0.5) is 0 Å². The number of rotatable bonds is 2. The van der Waals surface area contributed by atoms with Gasteiger partial charge in [-0.1, -0.05) is 12.7 Å². The zero-order chi connectivity index (χ0) is 9.10. The highest BCUT2D eigenvalue weighted by atomic mass is 15.3. The van der Waals surface area contributed by atoms with Crippen LogP contribution in [0.2, 0.25) is 0 Å². The molecule has 0 atom stereocenters. The van der Waals surface area contributed by atoms with Gasteiger partial charge in [0.05, 0.1) is 0 Å². The number of pyridine rings is 1. The highest BCUT2D eigenvalue weighted by Gasteiger charge is 1.96. The van der Waals surface area contributed by atoms with Gasteiger partial charge in [0.25, 0.3) is 0 Å². The maximum atomic E-state index is 4.18. The molecule has 2 heterocycles. The summed E-state index contributed by atoms with van der Waals surface area (Å²) in [5.74, 6) is 0.753. The molecule has 0 saturated carbocycles. The van der Waals surface area contributed by atoms with Crippen molar-refractivity contribution in [3.05, 3.63) is 43.1 Å². The lowest BCUT2D eigenvalue weighted by molar-refractivity contribution is 0.845. The van der Waals surface area contributed by atoms with Crippen LogP contribution in [0.1, 0.15) is 5.56 Å². The Bertz CT molecular complexity index is 388. The van der Waals surface area contributed by atoms with E-state index in [1.807, 2.05) is 12.1 Å². The lowest BCUT2D eigenvalue weighted by Crippen LogP contribution is -1.96. The summed E-state index contributed by atoms with van der Waals surface area (Å²) in [6.45, 7) is 3.65. The van der Waals surface area contributed by atoms with Gasteiger partial charge in [0.1, 0.15) is 12.7 Å². The zero-order valence-electron chi connectivity index (χ0n) is 6.96. The van der Waals surface area contributed by atoms with Crippen LogP contribution in [-0.4, -0.2) is 19.7 Å². The average molecular weight is 172 g/mol. The first kappa shape index (κ1) is 7.67. The summed E-state index contributed by atoms with van der Waals surface area (Å²) in [5.41, 5.74) is 0.990. The van der Waals surface area contributed by atoms with Crippen molar-refractivity contribution in [3.8, 4) is 5.82 Å². The average Bonchev–Trinajstić information content (AvgIpc) is 2.71. The van der Waals surface area contributed by atoms with Crippen molar-refractivity contribution in [2.45, 2.75) is 0 Å². The van der Waals surface area contributed by atoms with Crippen molar-refractivity contribution in [1.82, 2.24) is 19.7 Å². The van der Waals surface area contributed by atoms with E-state index in [0.29, 0.717) is 0 Å². The molecule has 4 heteroatoms. The van der Waals surface area contributed by atoms with Crippen molar-refractivity contribution >= 4 is 6.08 Å². The lowest BCUT2D eigenvalue weighted by Gasteiger charge is -1.98. The minimum Gasteiger partial charge on any atom is -0.236 e. The van der Waals surface area contributed by atoms with E-state index in [-0.39, 0.29) is 0 Å². The van der Waals surface area contributed by atoms with Crippen LogP contribution in [0.15, 0.2) is 37.6 Å². The number of hydrogen-bond acceptors (Lipinski definition) is 3. The number of nitrogens with zero attached hydrogens (tertiary/aromatic N) is 4. The van der Waals surface area contributed by atoms with E-state index >= 15 is 0 Å². The highest BCUT2D eigenvalue weighted by molar-refractivity contribution is 5.46. The first-order chi connectivity index (χ1) is 6.40. The topological polar surface area (TPSA) is 43.6 Å². The summed E-state index contributed by atoms with van der Waals surface area (Å²) in [4.78, 5) is 8.01. The molecule has 0 aliphatic heterocycles. The van der Waals surface area contributed by atoms with Crippen LogP contribution in [0.25, 0.3) is 11.9 Å². The van der Waals surface area contributed by atoms with E-state index in [0.717, 1.165) is 11.4 Å². The normalized spacial score (nSPS) is 9.85. The van der Waals surface area contributed by atoms with Gasteiger partial charge in [-0.15, -0.1) is 0 Å². The molecule has 0 bridgehead atoms. The van der Waals surface area contributed by atoms with E-state index < -0.39 is 0 Å². The third-order valence-electron chi connectivity index (χ3n) is 1.66. The highest BCUT2D eigenvalue weighted by Crippen LogP contribution is 2.04. The summed E-state index contributed by atoms with van der Waals surface area (Å²) in [6, 6.07) is 3.79. The second kappa shape index (κ2) is 3.18. The second-order valence-corrected chi connectivity index (χ2v) is 2.49. The van der Waals surface area contributed by atoms with E-state index in [1.54, 1.807) is 23.3 Å². The molecule has 64 valence electrons. The third-order valence-corrected chi connectivity index (χ3v) is 1.66. The summed E-state index contributed by atoms with van der Waals surface area (Å²) >= 11 is 0. The summed E-state index contributed by atoms with van der Waals surface area (Å²) in [7, 11) is 0. The molecule has 0 radical (unpaired) electrons. The maximum Gasteiger partial charge on any atom is 0.155 e. The molecule has 2 rings (SSSR count). The Morgan fingerprint density at radius 3 is 2.85 bits per heavy atom. The van der Waals surface area contributed by atoms with Gasteiger partial charge in [0.2, 0.25) is 0 Å². The number of hydrogen-bond donors (Lipinski definition) is 0. The second-order valence-electron chi connectivity index (χ2n) is 2.49. The van der Waals surface area contributed by atoms with Crippen molar-refractivity contribution in [2.75, 3.05) is 0 Å². The first-order valence-electron chi connectivity index (χ1n) is 3.83. The van der Waals surface area contributed by atoms with E-state index in [1.165, 1.54) is 6.33 Å². The quantitative estimate of drug-likeness (QED) is 0.685. The molecule has 0 spiro atoms. The van der Waals surface area contributed by atoms with Gasteiger partial charge in [-0.25, -0.2) is 14.6 Å². The standard InChI is InChI=1S/C9H8N4/c1-2-8-3-4-9(11-5-8)13-7-10-6-12-13/h2-7H,1H2. The van der Waals surface area contributed by atoms with E-state index in [2.05, 4.69) is 21.6 Å². The van der Waals surface area contributed by atoms with Crippen molar-refractivity contribution in [1.29, 1.82) is 0 Å². The van der Waals surface area contributed by atoms with Gasteiger partial charge >= 0.3 is 0 Å². The predicted molar refractivity (Wildman–Crippen MR) is 49.2 cm³/mol. The fourth-order valence-corrected chi connectivity index (χ4v) is 0.980. The minimum atomic E-state index is 0.753. The Kier molecular flexibility index (Phi) is 1.88. The van der Waals surface area contributed by atoms with Crippen LogP contribution in [0, 0.1) is 0 Å². The van der Waals surface area contributed by atoms with Gasteiger partial charge in [-0.3, -0.25) is 0 Å². The SMILES string of the molecule is C=Cc1ccc(-n2cncn2)nc1. The Labute approximate surface area is 75.6 Å². The van der Waals surface area contributed by atoms with Crippen LogP contribution >= 0.6 is 0 Å². The molecule has 0 N–H and O–H groups in total. The minimum absolute atomic E-state index is 0.753. The van der Waals surface area contributed by atoms with Gasteiger partial charge in [0, 0.05) is 6.20 Å². The molecule has 0 aliphatic rings. The van der Waals surface area contributed by atoms with Crippen LogP contribution in [0.3, 0.4) is 0 Å². The van der Waals surface area contributed by atoms with Gasteiger partial charge in [-0.2, -0.15) is 5.10 Å². The van der Waals surface area contributed by atoms with E-state index in [9.17, 15) is 0 Å².